The highest BCUT2D eigenvalue weighted by Crippen LogP contribution is 2.38. The lowest BCUT2D eigenvalue weighted by atomic mass is 9.85. The van der Waals surface area contributed by atoms with Gasteiger partial charge in [0.15, 0.2) is 5.78 Å². The van der Waals surface area contributed by atoms with E-state index < -0.39 is 0 Å². The lowest BCUT2D eigenvalue weighted by Gasteiger charge is -2.18. The first-order valence-corrected chi connectivity index (χ1v) is 9.60. The second-order valence-electron chi connectivity index (χ2n) is 7.26. The molecule has 6 heteroatoms. The van der Waals surface area contributed by atoms with Gasteiger partial charge in [0.25, 0.3) is 0 Å². The van der Waals surface area contributed by atoms with Gasteiger partial charge in [-0.2, -0.15) is 0 Å². The third-order valence-corrected chi connectivity index (χ3v) is 5.50. The number of aromatic nitrogens is 3. The Morgan fingerprint density at radius 2 is 1.53 bits per heavy atom. The Morgan fingerprint density at radius 3 is 2.23 bits per heavy atom. The standard InChI is InChI=1S/C24H18N4O2/c1-14-19(18-11-12-26-24(25)27-18)20-21(28(14)13-15-7-3-2-4-8-15)23(30)17-10-6-5-9-16(17)22(20)29/h2-12H,13H2,1H3,(H2,25,26,27). The van der Waals surface area contributed by atoms with Crippen molar-refractivity contribution in [1.29, 1.82) is 0 Å². The van der Waals surface area contributed by atoms with Crippen molar-refractivity contribution in [2.75, 3.05) is 5.73 Å². The van der Waals surface area contributed by atoms with Gasteiger partial charge in [-0.05, 0) is 18.6 Å². The average molecular weight is 394 g/mol. The maximum absolute atomic E-state index is 13.5. The van der Waals surface area contributed by atoms with Crippen molar-refractivity contribution in [3.63, 3.8) is 0 Å². The number of benzene rings is 2. The number of carbonyl (C=O) groups excluding carboxylic acids is 2. The zero-order valence-corrected chi connectivity index (χ0v) is 16.3. The lowest BCUT2D eigenvalue weighted by Crippen LogP contribution is -2.23. The Labute approximate surface area is 173 Å². The molecule has 6 nitrogen and oxygen atoms in total. The second-order valence-corrected chi connectivity index (χ2v) is 7.26. The van der Waals surface area contributed by atoms with Crippen LogP contribution in [0.2, 0.25) is 0 Å². The van der Waals surface area contributed by atoms with Gasteiger partial charge >= 0.3 is 0 Å². The van der Waals surface area contributed by atoms with Gasteiger partial charge in [-0.25, -0.2) is 9.97 Å². The van der Waals surface area contributed by atoms with Crippen LogP contribution in [0.1, 0.15) is 43.2 Å². The largest absolute Gasteiger partial charge is 0.368 e. The molecule has 0 unspecified atom stereocenters. The first kappa shape index (κ1) is 18.0. The molecule has 30 heavy (non-hydrogen) atoms. The van der Waals surface area contributed by atoms with Crippen LogP contribution in [0.4, 0.5) is 5.95 Å². The fraction of sp³-hybridized carbons (Fsp3) is 0.0833. The summed E-state index contributed by atoms with van der Waals surface area (Å²) in [5.74, 6) is -0.221. The van der Waals surface area contributed by atoms with E-state index in [4.69, 9.17) is 5.73 Å². The zero-order valence-electron chi connectivity index (χ0n) is 16.3. The van der Waals surface area contributed by atoms with Crippen molar-refractivity contribution in [3.8, 4) is 11.3 Å². The third kappa shape index (κ3) is 2.65. The molecule has 2 aromatic heterocycles. The summed E-state index contributed by atoms with van der Waals surface area (Å²) in [6.45, 7) is 2.37. The number of anilines is 1. The molecule has 0 bridgehead atoms. The quantitative estimate of drug-likeness (QED) is 0.504. The Morgan fingerprint density at radius 1 is 0.867 bits per heavy atom. The molecule has 1 aliphatic rings. The molecular formula is C24H18N4O2. The van der Waals surface area contributed by atoms with Crippen LogP contribution in [0.5, 0.6) is 0 Å². The van der Waals surface area contributed by atoms with E-state index in [0.717, 1.165) is 11.3 Å². The number of ketones is 2. The van der Waals surface area contributed by atoms with Crippen LogP contribution in [-0.2, 0) is 6.54 Å². The topological polar surface area (TPSA) is 90.9 Å². The molecule has 0 amide bonds. The maximum Gasteiger partial charge on any atom is 0.220 e. The van der Waals surface area contributed by atoms with E-state index in [1.807, 2.05) is 41.8 Å². The number of nitrogens with two attached hydrogens (primary N) is 1. The van der Waals surface area contributed by atoms with E-state index in [-0.39, 0.29) is 17.5 Å². The van der Waals surface area contributed by atoms with Crippen molar-refractivity contribution >= 4 is 17.5 Å². The van der Waals surface area contributed by atoms with Crippen molar-refractivity contribution in [2.24, 2.45) is 0 Å². The average Bonchev–Trinajstić information content (AvgIpc) is 3.05. The summed E-state index contributed by atoms with van der Waals surface area (Å²) < 4.78 is 1.91. The summed E-state index contributed by atoms with van der Waals surface area (Å²) in [6.07, 6.45) is 1.56. The van der Waals surface area contributed by atoms with Crippen LogP contribution in [-0.4, -0.2) is 26.1 Å². The van der Waals surface area contributed by atoms with Gasteiger partial charge in [0, 0.05) is 35.1 Å². The predicted octanol–water partition coefficient (Wildman–Crippen LogP) is 3.66. The fourth-order valence-corrected chi connectivity index (χ4v) is 4.13. The highest BCUT2D eigenvalue weighted by molar-refractivity contribution is 6.30. The van der Waals surface area contributed by atoms with E-state index in [1.165, 1.54) is 0 Å². The minimum absolute atomic E-state index is 0.117. The molecule has 1 aliphatic carbocycles. The SMILES string of the molecule is Cc1c(-c2ccnc(N)n2)c2c(n1Cc1ccccc1)C(=O)c1ccccc1C2=O. The fourth-order valence-electron chi connectivity index (χ4n) is 4.13. The summed E-state index contributed by atoms with van der Waals surface area (Å²) in [7, 11) is 0. The van der Waals surface area contributed by atoms with Crippen LogP contribution in [0.15, 0.2) is 66.9 Å². The van der Waals surface area contributed by atoms with Crippen LogP contribution in [0.25, 0.3) is 11.3 Å². The van der Waals surface area contributed by atoms with E-state index in [2.05, 4.69) is 9.97 Å². The zero-order chi connectivity index (χ0) is 20.8. The molecule has 0 fully saturated rings. The number of hydrogen-bond acceptors (Lipinski definition) is 5. The van der Waals surface area contributed by atoms with Gasteiger partial charge in [-0.15, -0.1) is 0 Å². The normalized spacial score (nSPS) is 12.6. The number of hydrogen-bond donors (Lipinski definition) is 1. The highest BCUT2D eigenvalue weighted by Gasteiger charge is 2.37. The molecule has 5 rings (SSSR count). The molecule has 0 saturated heterocycles. The summed E-state index contributed by atoms with van der Waals surface area (Å²) in [5, 5.41) is 0. The molecule has 4 aromatic rings. The summed E-state index contributed by atoms with van der Waals surface area (Å²) in [6, 6.07) is 18.5. The van der Waals surface area contributed by atoms with Gasteiger partial charge in [0.1, 0.15) is 5.69 Å². The van der Waals surface area contributed by atoms with Crippen molar-refractivity contribution in [2.45, 2.75) is 13.5 Å². The van der Waals surface area contributed by atoms with E-state index in [0.29, 0.717) is 40.2 Å². The second kappa shape index (κ2) is 6.77. The van der Waals surface area contributed by atoms with Crippen LogP contribution in [0, 0.1) is 6.92 Å². The molecule has 146 valence electrons. The monoisotopic (exact) mass is 394 g/mol. The molecule has 0 atom stereocenters. The Kier molecular flexibility index (Phi) is 4.06. The Balaban J connectivity index is 1.81. The first-order valence-electron chi connectivity index (χ1n) is 9.60. The van der Waals surface area contributed by atoms with Crippen molar-refractivity contribution in [1.82, 2.24) is 14.5 Å². The minimum atomic E-state index is -0.178. The highest BCUT2D eigenvalue weighted by atomic mass is 16.1. The summed E-state index contributed by atoms with van der Waals surface area (Å²) in [5.41, 5.74) is 10.4. The summed E-state index contributed by atoms with van der Waals surface area (Å²) >= 11 is 0. The maximum atomic E-state index is 13.5. The van der Waals surface area contributed by atoms with Gasteiger partial charge in [-0.1, -0.05) is 54.6 Å². The van der Waals surface area contributed by atoms with Gasteiger partial charge in [-0.3, -0.25) is 9.59 Å². The number of fused-ring (bicyclic) bond motifs is 2. The third-order valence-electron chi connectivity index (χ3n) is 5.50. The molecule has 0 spiro atoms. The minimum Gasteiger partial charge on any atom is -0.368 e. The number of rotatable bonds is 3. The molecule has 2 heterocycles. The molecule has 0 radical (unpaired) electrons. The molecule has 2 N–H and O–H groups in total. The summed E-state index contributed by atoms with van der Waals surface area (Å²) in [4.78, 5) is 35.3. The first-order chi connectivity index (χ1) is 14.6. The Hall–Kier alpha value is -4.06. The molecule has 0 saturated carbocycles. The number of nitrogens with zero attached hydrogens (tertiary/aromatic N) is 3. The van der Waals surface area contributed by atoms with E-state index in [9.17, 15) is 9.59 Å². The smallest absolute Gasteiger partial charge is 0.220 e. The molecule has 2 aromatic carbocycles. The van der Waals surface area contributed by atoms with Gasteiger partial charge < -0.3 is 10.3 Å². The van der Waals surface area contributed by atoms with Crippen LogP contribution in [0.3, 0.4) is 0 Å². The van der Waals surface area contributed by atoms with Crippen molar-refractivity contribution < 1.29 is 9.59 Å². The van der Waals surface area contributed by atoms with Gasteiger partial charge in [0.05, 0.1) is 11.3 Å². The number of nitrogen functional groups attached to an aromatic ring is 1. The molecular weight excluding hydrogens is 376 g/mol. The van der Waals surface area contributed by atoms with Crippen LogP contribution < -0.4 is 5.73 Å². The molecule has 0 aliphatic heterocycles. The van der Waals surface area contributed by atoms with E-state index in [1.54, 1.807) is 36.5 Å². The van der Waals surface area contributed by atoms with Gasteiger partial charge in [0.2, 0.25) is 11.7 Å². The number of carbonyl (C=O) groups is 2. The predicted molar refractivity (Wildman–Crippen MR) is 113 cm³/mol. The lowest BCUT2D eigenvalue weighted by molar-refractivity contribution is 0.0974. The van der Waals surface area contributed by atoms with Crippen LogP contribution >= 0.6 is 0 Å². The van der Waals surface area contributed by atoms with Crippen molar-refractivity contribution in [3.05, 3.63) is 101 Å². The Bertz CT molecular complexity index is 1320. The van der Waals surface area contributed by atoms with E-state index >= 15 is 0 Å².